The molecule has 1 saturated heterocycles. The van der Waals surface area contributed by atoms with Gasteiger partial charge in [0.1, 0.15) is 29.9 Å². The van der Waals surface area contributed by atoms with E-state index in [4.69, 9.17) is 13.9 Å². The summed E-state index contributed by atoms with van der Waals surface area (Å²) in [6.07, 6.45) is 0.872. The molecule has 2 heterocycles. The van der Waals surface area contributed by atoms with Crippen LogP contribution < -0.4 is 4.74 Å². The molecular weight excluding hydrogens is 412 g/mol. The second kappa shape index (κ2) is 10.0. The van der Waals surface area contributed by atoms with Gasteiger partial charge >= 0.3 is 5.97 Å². The van der Waals surface area contributed by atoms with Gasteiger partial charge in [-0.1, -0.05) is 30.3 Å². The molecule has 162 valence electrons. The summed E-state index contributed by atoms with van der Waals surface area (Å²) in [5.41, 5.74) is 2.95. The summed E-state index contributed by atoms with van der Waals surface area (Å²) in [6, 6.07) is 17.8. The Hall–Kier alpha value is -2.77. The van der Waals surface area contributed by atoms with Gasteiger partial charge in [0.25, 0.3) is 0 Å². The van der Waals surface area contributed by atoms with Gasteiger partial charge in [-0.15, -0.1) is 11.8 Å². The third kappa shape index (κ3) is 5.29. The number of rotatable bonds is 8. The first-order chi connectivity index (χ1) is 15.1. The van der Waals surface area contributed by atoms with E-state index < -0.39 is 0 Å². The van der Waals surface area contributed by atoms with Gasteiger partial charge in [-0.2, -0.15) is 0 Å². The zero-order valence-electron chi connectivity index (χ0n) is 17.7. The first-order valence-electron chi connectivity index (χ1n) is 10.3. The van der Waals surface area contributed by atoms with Crippen LogP contribution in [-0.2, 0) is 22.6 Å². The van der Waals surface area contributed by atoms with Crippen LogP contribution in [0.1, 0.15) is 17.0 Å². The first kappa shape index (κ1) is 21.5. The number of hydrogen-bond donors (Lipinski definition) is 0. The molecule has 0 N–H and O–H groups in total. The molecule has 1 aromatic heterocycles. The van der Waals surface area contributed by atoms with Crippen molar-refractivity contribution in [2.45, 2.75) is 26.0 Å². The van der Waals surface area contributed by atoms with Gasteiger partial charge in [0, 0.05) is 23.7 Å². The highest BCUT2D eigenvalue weighted by atomic mass is 32.2. The Morgan fingerprint density at radius 3 is 2.71 bits per heavy atom. The molecule has 0 spiro atoms. The van der Waals surface area contributed by atoms with Crippen molar-refractivity contribution < 1.29 is 18.7 Å². The van der Waals surface area contributed by atoms with Crippen LogP contribution in [0.25, 0.3) is 11.5 Å². The van der Waals surface area contributed by atoms with Crippen LogP contribution in [0.15, 0.2) is 59.0 Å². The van der Waals surface area contributed by atoms with Crippen molar-refractivity contribution in [3.05, 3.63) is 71.6 Å². The second-order valence-corrected chi connectivity index (χ2v) is 8.42. The summed E-state index contributed by atoms with van der Waals surface area (Å²) in [6.45, 7) is 3.08. The third-order valence-electron chi connectivity index (χ3n) is 5.35. The van der Waals surface area contributed by atoms with Crippen molar-refractivity contribution in [1.29, 1.82) is 0 Å². The number of methoxy groups -OCH3 is 1. The van der Waals surface area contributed by atoms with Crippen LogP contribution in [0.4, 0.5) is 0 Å². The summed E-state index contributed by atoms with van der Waals surface area (Å²) in [7, 11) is 1.45. The van der Waals surface area contributed by atoms with E-state index >= 15 is 0 Å². The minimum Gasteiger partial charge on any atom is -0.487 e. The number of carbonyl (C=O) groups excluding carboxylic acids is 1. The number of benzene rings is 2. The second-order valence-electron chi connectivity index (χ2n) is 7.42. The smallest absolute Gasteiger partial charge is 0.323 e. The lowest BCUT2D eigenvalue weighted by Gasteiger charge is -2.21. The predicted molar refractivity (Wildman–Crippen MR) is 121 cm³/mol. The number of hydrogen-bond acceptors (Lipinski definition) is 7. The van der Waals surface area contributed by atoms with Gasteiger partial charge in [0.2, 0.25) is 5.89 Å². The van der Waals surface area contributed by atoms with Crippen molar-refractivity contribution in [1.82, 2.24) is 9.88 Å². The monoisotopic (exact) mass is 438 g/mol. The van der Waals surface area contributed by atoms with Gasteiger partial charge in [-0.25, -0.2) is 4.98 Å². The van der Waals surface area contributed by atoms with Crippen molar-refractivity contribution in [2.75, 3.05) is 25.3 Å². The Morgan fingerprint density at radius 1 is 1.19 bits per heavy atom. The highest BCUT2D eigenvalue weighted by Crippen LogP contribution is 2.24. The van der Waals surface area contributed by atoms with E-state index in [1.165, 1.54) is 12.7 Å². The molecule has 0 bridgehead atoms. The molecule has 1 aliphatic rings. The van der Waals surface area contributed by atoms with Crippen molar-refractivity contribution >= 4 is 17.7 Å². The normalized spacial score (nSPS) is 16.4. The first-order valence-corrected chi connectivity index (χ1v) is 11.4. The highest BCUT2D eigenvalue weighted by molar-refractivity contribution is 7.99. The maximum absolute atomic E-state index is 11.9. The molecule has 0 amide bonds. The molecule has 1 atom stereocenters. The van der Waals surface area contributed by atoms with E-state index in [1.54, 1.807) is 11.8 Å². The maximum atomic E-state index is 11.9. The standard InChI is InChI=1S/C24H26N2O4S/c1-17-21(25-23(30-17)19-6-4-3-5-7-19)14-29-20-10-8-18(9-11-20)12-13-26-16-31-15-22(26)24(27)28-2/h3-11,22H,12-16H2,1-2H3/t22-/m0/s1. The molecule has 31 heavy (non-hydrogen) atoms. The molecule has 4 rings (SSSR count). The number of aryl methyl sites for hydroxylation is 1. The molecule has 0 radical (unpaired) electrons. The highest BCUT2D eigenvalue weighted by Gasteiger charge is 2.31. The minimum absolute atomic E-state index is 0.135. The number of nitrogens with zero attached hydrogens (tertiary/aromatic N) is 2. The van der Waals surface area contributed by atoms with Gasteiger partial charge < -0.3 is 13.9 Å². The number of aromatic nitrogens is 1. The van der Waals surface area contributed by atoms with Crippen LogP contribution in [0.5, 0.6) is 5.75 Å². The Morgan fingerprint density at radius 2 is 1.97 bits per heavy atom. The fourth-order valence-corrected chi connectivity index (χ4v) is 4.71. The number of esters is 1. The molecule has 1 aliphatic heterocycles. The van der Waals surface area contributed by atoms with Crippen LogP contribution in [0, 0.1) is 6.92 Å². The molecule has 3 aromatic rings. The molecule has 1 fully saturated rings. The fraction of sp³-hybridized carbons (Fsp3) is 0.333. The maximum Gasteiger partial charge on any atom is 0.323 e. The van der Waals surface area contributed by atoms with E-state index in [-0.39, 0.29) is 12.0 Å². The van der Waals surface area contributed by atoms with Crippen molar-refractivity contribution in [3.8, 4) is 17.2 Å². The van der Waals surface area contributed by atoms with E-state index in [9.17, 15) is 4.79 Å². The van der Waals surface area contributed by atoms with Gasteiger partial charge in [0.05, 0.1) is 7.11 Å². The summed E-state index contributed by atoms with van der Waals surface area (Å²) < 4.78 is 16.6. The zero-order valence-corrected chi connectivity index (χ0v) is 18.6. The average molecular weight is 439 g/mol. The minimum atomic E-state index is -0.146. The Bertz CT molecular complexity index is 1000. The Labute approximate surface area is 186 Å². The molecule has 0 aliphatic carbocycles. The number of oxazole rings is 1. The SMILES string of the molecule is COC(=O)[C@@H]1CSCN1CCc1ccc(OCc2nc(-c3ccccc3)oc2C)cc1. The van der Waals surface area contributed by atoms with Crippen molar-refractivity contribution in [2.24, 2.45) is 0 Å². The van der Waals surface area contributed by atoms with Crippen molar-refractivity contribution in [3.63, 3.8) is 0 Å². The molecule has 6 nitrogen and oxygen atoms in total. The Kier molecular flexibility index (Phi) is 6.94. The van der Waals surface area contributed by atoms with Crippen LogP contribution in [-0.4, -0.2) is 47.2 Å². The summed E-state index contributed by atoms with van der Waals surface area (Å²) in [5.74, 6) is 3.68. The lowest BCUT2D eigenvalue weighted by molar-refractivity contribution is -0.145. The Balaban J connectivity index is 1.30. The predicted octanol–water partition coefficient (Wildman–Crippen LogP) is 4.32. The van der Waals surface area contributed by atoms with Gasteiger partial charge in [-0.05, 0) is 43.2 Å². The van der Waals surface area contributed by atoms with Crippen LogP contribution in [0.2, 0.25) is 0 Å². The summed E-state index contributed by atoms with van der Waals surface area (Å²) in [4.78, 5) is 18.6. The van der Waals surface area contributed by atoms with Crippen LogP contribution in [0.3, 0.4) is 0 Å². The third-order valence-corrected chi connectivity index (χ3v) is 6.41. The average Bonchev–Trinajstić information content (AvgIpc) is 3.43. The number of thioether (sulfide) groups is 1. The molecular formula is C24H26N2O4S. The molecule has 2 aromatic carbocycles. The van der Waals surface area contributed by atoms with E-state index in [0.717, 1.165) is 47.4 Å². The van der Waals surface area contributed by atoms with Gasteiger partial charge in [0.15, 0.2) is 0 Å². The zero-order chi connectivity index (χ0) is 21.6. The number of ether oxygens (including phenoxy) is 2. The summed E-state index contributed by atoms with van der Waals surface area (Å²) >= 11 is 1.77. The lowest BCUT2D eigenvalue weighted by atomic mass is 10.1. The molecule has 0 unspecified atom stereocenters. The topological polar surface area (TPSA) is 64.8 Å². The van der Waals surface area contributed by atoms with Gasteiger partial charge in [-0.3, -0.25) is 9.69 Å². The molecule has 0 saturated carbocycles. The van der Waals surface area contributed by atoms with E-state index in [0.29, 0.717) is 12.5 Å². The largest absolute Gasteiger partial charge is 0.487 e. The van der Waals surface area contributed by atoms with E-state index in [1.807, 2.05) is 49.4 Å². The lowest BCUT2D eigenvalue weighted by Crippen LogP contribution is -2.39. The van der Waals surface area contributed by atoms with Crippen LogP contribution >= 0.6 is 11.8 Å². The molecule has 7 heteroatoms. The quantitative estimate of drug-likeness (QED) is 0.485. The number of carbonyl (C=O) groups is 1. The summed E-state index contributed by atoms with van der Waals surface area (Å²) in [5, 5.41) is 0. The fourth-order valence-electron chi connectivity index (χ4n) is 3.49. The van der Waals surface area contributed by atoms with E-state index in [2.05, 4.69) is 22.0 Å².